The molecule has 0 aromatic heterocycles. The van der Waals surface area contributed by atoms with Gasteiger partial charge in [0.25, 0.3) is 0 Å². The van der Waals surface area contributed by atoms with Gasteiger partial charge in [0.2, 0.25) is 0 Å². The Bertz CT molecular complexity index is 617. The lowest BCUT2D eigenvalue weighted by atomic mass is 10.1. The molecule has 0 atom stereocenters. The maximum absolute atomic E-state index is 6.11. The summed E-state index contributed by atoms with van der Waals surface area (Å²) < 4.78 is 0. The second-order valence-corrected chi connectivity index (χ2v) is 6.12. The number of anilines is 1. The minimum Gasteiger partial charge on any atom is -0.362 e. The minimum atomic E-state index is 0.484. The number of nitrogens with one attached hydrogen (secondary N) is 2. The SMILES string of the molecule is S=C(NCCCCc1ccccc1)Nc1cccc(Cl)c1Cl. The van der Waals surface area contributed by atoms with Crippen molar-refractivity contribution in [3.63, 3.8) is 0 Å². The smallest absolute Gasteiger partial charge is 0.170 e. The van der Waals surface area contributed by atoms with E-state index in [-0.39, 0.29) is 0 Å². The highest BCUT2D eigenvalue weighted by Gasteiger charge is 2.05. The molecule has 2 aromatic rings. The molecular formula is C17H18Cl2N2S. The Labute approximate surface area is 146 Å². The van der Waals surface area contributed by atoms with E-state index < -0.39 is 0 Å². The van der Waals surface area contributed by atoms with Crippen LogP contribution in [0.15, 0.2) is 48.5 Å². The van der Waals surface area contributed by atoms with Crippen molar-refractivity contribution in [3.8, 4) is 0 Å². The van der Waals surface area contributed by atoms with Gasteiger partial charge in [-0.15, -0.1) is 0 Å². The van der Waals surface area contributed by atoms with Crippen molar-refractivity contribution in [2.45, 2.75) is 19.3 Å². The molecule has 0 fully saturated rings. The van der Waals surface area contributed by atoms with Gasteiger partial charge in [-0.1, -0.05) is 59.6 Å². The highest BCUT2D eigenvalue weighted by atomic mass is 35.5. The average Bonchev–Trinajstić information content (AvgIpc) is 2.52. The molecule has 2 aromatic carbocycles. The Hall–Kier alpha value is -1.29. The van der Waals surface area contributed by atoms with Gasteiger partial charge in [0.05, 0.1) is 15.7 Å². The Kier molecular flexibility index (Phi) is 6.97. The molecule has 0 aliphatic carbocycles. The van der Waals surface area contributed by atoms with Crippen molar-refractivity contribution >= 4 is 46.2 Å². The molecule has 0 aliphatic rings. The van der Waals surface area contributed by atoms with Crippen LogP contribution < -0.4 is 10.6 Å². The zero-order chi connectivity index (χ0) is 15.8. The quantitative estimate of drug-likeness (QED) is 0.544. The maximum atomic E-state index is 6.11. The first kappa shape index (κ1) is 17.1. The Morgan fingerprint density at radius 2 is 1.73 bits per heavy atom. The zero-order valence-corrected chi connectivity index (χ0v) is 14.4. The second-order valence-electron chi connectivity index (χ2n) is 4.92. The van der Waals surface area contributed by atoms with E-state index in [0.29, 0.717) is 15.2 Å². The largest absolute Gasteiger partial charge is 0.362 e. The predicted octanol–water partition coefficient (Wildman–Crippen LogP) is 5.30. The van der Waals surface area contributed by atoms with E-state index in [1.165, 1.54) is 5.56 Å². The number of hydrogen-bond donors (Lipinski definition) is 2. The number of unbranched alkanes of at least 4 members (excludes halogenated alkanes) is 1. The molecule has 0 amide bonds. The van der Waals surface area contributed by atoms with Gasteiger partial charge in [-0.05, 0) is 49.2 Å². The van der Waals surface area contributed by atoms with Crippen LogP contribution in [-0.4, -0.2) is 11.7 Å². The van der Waals surface area contributed by atoms with Crippen molar-refractivity contribution in [2.24, 2.45) is 0 Å². The minimum absolute atomic E-state index is 0.484. The van der Waals surface area contributed by atoms with Gasteiger partial charge < -0.3 is 10.6 Å². The molecule has 0 spiro atoms. The molecule has 0 saturated heterocycles. The van der Waals surface area contributed by atoms with Gasteiger partial charge >= 0.3 is 0 Å². The Balaban J connectivity index is 1.67. The molecule has 2 rings (SSSR count). The molecule has 2 nitrogen and oxygen atoms in total. The van der Waals surface area contributed by atoms with E-state index in [1.807, 2.05) is 18.2 Å². The van der Waals surface area contributed by atoms with Gasteiger partial charge in [-0.25, -0.2) is 0 Å². The summed E-state index contributed by atoms with van der Waals surface area (Å²) in [5.74, 6) is 0. The van der Waals surface area contributed by atoms with Crippen LogP contribution in [0.1, 0.15) is 18.4 Å². The third kappa shape index (κ3) is 5.48. The standard InChI is InChI=1S/C17H18Cl2N2S/c18-14-10-6-11-15(16(14)19)21-17(22)20-12-5-4-9-13-7-2-1-3-8-13/h1-3,6-8,10-11H,4-5,9,12H2,(H2,20,21,22). The molecule has 2 N–H and O–H groups in total. The predicted molar refractivity (Wildman–Crippen MR) is 100 cm³/mol. The van der Waals surface area contributed by atoms with Gasteiger partial charge in [0.15, 0.2) is 5.11 Å². The normalized spacial score (nSPS) is 10.3. The lowest BCUT2D eigenvalue weighted by Gasteiger charge is -2.12. The third-order valence-electron chi connectivity index (χ3n) is 3.22. The van der Waals surface area contributed by atoms with Gasteiger partial charge in [0.1, 0.15) is 0 Å². The van der Waals surface area contributed by atoms with Crippen molar-refractivity contribution in [1.82, 2.24) is 5.32 Å². The van der Waals surface area contributed by atoms with E-state index >= 15 is 0 Å². The van der Waals surface area contributed by atoms with Gasteiger partial charge in [-0.2, -0.15) is 0 Å². The molecule has 0 heterocycles. The highest BCUT2D eigenvalue weighted by Crippen LogP contribution is 2.29. The first-order valence-corrected chi connectivity index (χ1v) is 8.36. The Morgan fingerprint density at radius 3 is 2.50 bits per heavy atom. The van der Waals surface area contributed by atoms with Crippen molar-refractivity contribution in [1.29, 1.82) is 0 Å². The summed E-state index contributed by atoms with van der Waals surface area (Å²) >= 11 is 17.3. The fraction of sp³-hybridized carbons (Fsp3) is 0.235. The summed E-state index contributed by atoms with van der Waals surface area (Å²) in [6, 6.07) is 15.9. The van der Waals surface area contributed by atoms with Crippen LogP contribution in [0.2, 0.25) is 10.0 Å². The van der Waals surface area contributed by atoms with Crippen molar-refractivity contribution in [3.05, 3.63) is 64.1 Å². The molecule has 0 radical (unpaired) electrons. The summed E-state index contributed by atoms with van der Waals surface area (Å²) in [6.07, 6.45) is 3.26. The molecule has 0 saturated carbocycles. The molecule has 5 heteroatoms. The van der Waals surface area contributed by atoms with Crippen LogP contribution in [0.5, 0.6) is 0 Å². The summed E-state index contributed by atoms with van der Waals surface area (Å²) in [4.78, 5) is 0. The second kappa shape index (κ2) is 8.99. The molecule has 0 bridgehead atoms. The Morgan fingerprint density at radius 1 is 0.955 bits per heavy atom. The summed E-state index contributed by atoms with van der Waals surface area (Å²) in [5.41, 5.74) is 2.09. The number of rotatable bonds is 6. The van der Waals surface area contributed by atoms with E-state index in [1.54, 1.807) is 6.07 Å². The van der Waals surface area contributed by atoms with Crippen molar-refractivity contribution in [2.75, 3.05) is 11.9 Å². The number of halogens is 2. The van der Waals surface area contributed by atoms with Crippen LogP contribution in [0.25, 0.3) is 0 Å². The number of hydrogen-bond acceptors (Lipinski definition) is 1. The third-order valence-corrected chi connectivity index (χ3v) is 4.29. The monoisotopic (exact) mass is 352 g/mol. The van der Waals surface area contributed by atoms with E-state index in [4.69, 9.17) is 35.4 Å². The first-order chi connectivity index (χ1) is 10.7. The molecular weight excluding hydrogens is 335 g/mol. The lowest BCUT2D eigenvalue weighted by Crippen LogP contribution is -2.29. The summed E-state index contributed by atoms with van der Waals surface area (Å²) in [6.45, 7) is 0.830. The first-order valence-electron chi connectivity index (χ1n) is 7.19. The zero-order valence-electron chi connectivity index (χ0n) is 12.1. The molecule has 0 aliphatic heterocycles. The molecule has 22 heavy (non-hydrogen) atoms. The van der Waals surface area contributed by atoms with Crippen LogP contribution in [-0.2, 0) is 6.42 Å². The van der Waals surface area contributed by atoms with Crippen LogP contribution >= 0.6 is 35.4 Å². The van der Waals surface area contributed by atoms with E-state index in [2.05, 4.69) is 34.9 Å². The molecule has 116 valence electrons. The number of thiocarbonyl (C=S) groups is 1. The van der Waals surface area contributed by atoms with Crippen LogP contribution in [0.3, 0.4) is 0 Å². The topological polar surface area (TPSA) is 24.1 Å². The number of aryl methyl sites for hydroxylation is 1. The van der Waals surface area contributed by atoms with E-state index in [9.17, 15) is 0 Å². The van der Waals surface area contributed by atoms with Gasteiger partial charge in [0, 0.05) is 6.54 Å². The summed E-state index contributed by atoms with van der Waals surface area (Å²) in [5, 5.41) is 7.80. The maximum Gasteiger partial charge on any atom is 0.170 e. The molecule has 0 unspecified atom stereocenters. The number of benzene rings is 2. The van der Waals surface area contributed by atoms with Crippen LogP contribution in [0.4, 0.5) is 5.69 Å². The fourth-order valence-electron chi connectivity index (χ4n) is 2.07. The highest BCUT2D eigenvalue weighted by molar-refractivity contribution is 7.80. The fourth-order valence-corrected chi connectivity index (χ4v) is 2.63. The average molecular weight is 353 g/mol. The van der Waals surface area contributed by atoms with Crippen molar-refractivity contribution < 1.29 is 0 Å². The van der Waals surface area contributed by atoms with Crippen LogP contribution in [0, 0.1) is 0 Å². The lowest BCUT2D eigenvalue weighted by molar-refractivity contribution is 0.711. The van der Waals surface area contributed by atoms with Gasteiger partial charge in [-0.3, -0.25) is 0 Å². The van der Waals surface area contributed by atoms with E-state index in [0.717, 1.165) is 31.5 Å². The summed E-state index contributed by atoms with van der Waals surface area (Å²) in [7, 11) is 0.